The molecule has 0 unspecified atom stereocenters. The second-order valence-electron chi connectivity index (χ2n) is 6.43. The van der Waals surface area contributed by atoms with Gasteiger partial charge in [-0.1, -0.05) is 18.2 Å². The van der Waals surface area contributed by atoms with Crippen molar-refractivity contribution in [2.24, 2.45) is 0 Å². The molecular weight excluding hydrogens is 388 g/mol. The molecule has 30 heavy (non-hydrogen) atoms. The van der Waals surface area contributed by atoms with Crippen LogP contribution in [0.25, 0.3) is 5.65 Å². The maximum atomic E-state index is 12.6. The predicted molar refractivity (Wildman–Crippen MR) is 108 cm³/mol. The van der Waals surface area contributed by atoms with Crippen molar-refractivity contribution in [1.29, 1.82) is 0 Å². The van der Waals surface area contributed by atoms with Gasteiger partial charge < -0.3 is 14.1 Å². The summed E-state index contributed by atoms with van der Waals surface area (Å²) in [6, 6.07) is 15.0. The van der Waals surface area contributed by atoms with Crippen LogP contribution in [0.2, 0.25) is 0 Å². The molecule has 0 bridgehead atoms. The Morgan fingerprint density at radius 1 is 1.10 bits per heavy atom. The van der Waals surface area contributed by atoms with E-state index in [4.69, 9.17) is 9.15 Å². The van der Waals surface area contributed by atoms with Crippen molar-refractivity contribution in [3.8, 4) is 0 Å². The van der Waals surface area contributed by atoms with Crippen molar-refractivity contribution < 1.29 is 18.7 Å². The third-order valence-corrected chi connectivity index (χ3v) is 4.55. The maximum absolute atomic E-state index is 12.6. The maximum Gasteiger partial charge on any atom is 0.350 e. The lowest BCUT2D eigenvalue weighted by Gasteiger charge is -2.19. The number of hydrogen-bond donors (Lipinski definition) is 0. The van der Waals surface area contributed by atoms with Crippen LogP contribution in [0.1, 0.15) is 20.9 Å². The van der Waals surface area contributed by atoms with Gasteiger partial charge in [0.25, 0.3) is 5.91 Å². The van der Waals surface area contributed by atoms with Crippen molar-refractivity contribution in [2.75, 3.05) is 18.6 Å². The normalized spacial score (nSPS) is 10.8. The first-order chi connectivity index (χ1) is 14.6. The predicted octanol–water partition coefficient (Wildman–Crippen LogP) is 2.22. The van der Waals surface area contributed by atoms with Gasteiger partial charge in [-0.2, -0.15) is 0 Å². The molecule has 0 aliphatic carbocycles. The minimum absolute atomic E-state index is 0.0488. The van der Waals surface area contributed by atoms with Crippen molar-refractivity contribution in [2.45, 2.75) is 6.54 Å². The number of benzene rings is 1. The summed E-state index contributed by atoms with van der Waals surface area (Å²) < 4.78 is 13.1. The average Bonchev–Trinajstić information content (AvgIpc) is 3.42. The molecule has 3 aromatic heterocycles. The zero-order chi connectivity index (χ0) is 21.1. The summed E-state index contributed by atoms with van der Waals surface area (Å²) in [4.78, 5) is 38.8. The van der Waals surface area contributed by atoms with Gasteiger partial charge >= 0.3 is 11.7 Å². The number of para-hydroxylation sites is 1. The van der Waals surface area contributed by atoms with Crippen LogP contribution in [0.5, 0.6) is 0 Å². The lowest BCUT2D eigenvalue weighted by atomic mass is 10.1. The molecule has 0 atom stereocenters. The molecule has 9 heteroatoms. The van der Waals surface area contributed by atoms with Crippen LogP contribution in [-0.4, -0.2) is 39.7 Å². The molecule has 0 saturated heterocycles. The number of anilines is 1. The van der Waals surface area contributed by atoms with Gasteiger partial charge in [-0.15, -0.1) is 5.10 Å². The molecular formula is C21H18N4O5. The number of carbonyl (C=O) groups is 2. The summed E-state index contributed by atoms with van der Waals surface area (Å²) in [5, 5.41) is 4.19. The second-order valence-corrected chi connectivity index (χ2v) is 6.43. The summed E-state index contributed by atoms with van der Waals surface area (Å²) in [6.45, 7) is 0.0579. The Kier molecular flexibility index (Phi) is 5.17. The van der Waals surface area contributed by atoms with E-state index in [-0.39, 0.29) is 30.2 Å². The first-order valence-electron chi connectivity index (χ1n) is 9.18. The minimum Gasteiger partial charge on any atom is -0.460 e. The molecule has 0 aliphatic heterocycles. The van der Waals surface area contributed by atoms with Crippen molar-refractivity contribution in [3.63, 3.8) is 0 Å². The van der Waals surface area contributed by atoms with Crippen LogP contribution < -0.4 is 10.6 Å². The first-order valence-corrected chi connectivity index (χ1v) is 9.18. The van der Waals surface area contributed by atoms with E-state index in [1.165, 1.54) is 20.2 Å². The van der Waals surface area contributed by atoms with Crippen LogP contribution in [0, 0.1) is 0 Å². The standard InChI is InChI=1S/C21H18N4O5/c1-23(19(26)17-9-6-13-29-17)16-8-3-2-7-15(16)20(27)30-14-12-25-21(28)24-11-5-4-10-18(24)22-25/h2-11,13H,12,14H2,1H3. The molecule has 0 aliphatic rings. The van der Waals surface area contributed by atoms with Gasteiger partial charge in [-0.3, -0.25) is 9.20 Å². The summed E-state index contributed by atoms with van der Waals surface area (Å²) >= 11 is 0. The molecule has 0 saturated carbocycles. The molecule has 9 nitrogen and oxygen atoms in total. The molecule has 152 valence electrons. The Labute approximate surface area is 170 Å². The van der Waals surface area contributed by atoms with Gasteiger partial charge in [-0.05, 0) is 36.4 Å². The SMILES string of the molecule is CN(C(=O)c1ccco1)c1ccccc1C(=O)OCCn1nc2ccccn2c1=O. The van der Waals surface area contributed by atoms with Gasteiger partial charge in [0.05, 0.1) is 24.1 Å². The zero-order valence-electron chi connectivity index (χ0n) is 16.1. The number of hydrogen-bond acceptors (Lipinski definition) is 6. The molecule has 0 N–H and O–H groups in total. The van der Waals surface area contributed by atoms with E-state index in [1.807, 2.05) is 0 Å². The largest absolute Gasteiger partial charge is 0.460 e. The molecule has 1 aromatic carbocycles. The van der Waals surface area contributed by atoms with Gasteiger partial charge in [0, 0.05) is 13.2 Å². The van der Waals surface area contributed by atoms with E-state index in [9.17, 15) is 14.4 Å². The van der Waals surface area contributed by atoms with Gasteiger partial charge in [-0.25, -0.2) is 14.3 Å². The number of ether oxygens (including phenoxy) is 1. The van der Waals surface area contributed by atoms with Gasteiger partial charge in [0.2, 0.25) is 0 Å². The van der Waals surface area contributed by atoms with Crippen molar-refractivity contribution in [3.05, 3.63) is 88.9 Å². The quantitative estimate of drug-likeness (QED) is 0.455. The molecule has 3 heterocycles. The zero-order valence-corrected chi connectivity index (χ0v) is 16.1. The fourth-order valence-electron chi connectivity index (χ4n) is 3.03. The van der Waals surface area contributed by atoms with E-state index in [1.54, 1.807) is 67.8 Å². The number of esters is 1. The number of aromatic nitrogens is 3. The van der Waals surface area contributed by atoms with Crippen LogP contribution in [-0.2, 0) is 11.3 Å². The lowest BCUT2D eigenvalue weighted by molar-refractivity contribution is 0.0487. The Morgan fingerprint density at radius 3 is 2.67 bits per heavy atom. The topological polar surface area (TPSA) is 99.1 Å². The Hall–Kier alpha value is -4.14. The number of carbonyl (C=O) groups excluding carboxylic acids is 2. The number of amides is 1. The summed E-state index contributed by atoms with van der Waals surface area (Å²) in [7, 11) is 1.55. The Bertz CT molecular complexity index is 1260. The first kappa shape index (κ1) is 19.2. The monoisotopic (exact) mass is 406 g/mol. The third-order valence-electron chi connectivity index (χ3n) is 4.55. The number of rotatable bonds is 6. The fourth-order valence-corrected chi connectivity index (χ4v) is 3.03. The van der Waals surface area contributed by atoms with Crippen molar-refractivity contribution in [1.82, 2.24) is 14.2 Å². The molecule has 4 aromatic rings. The number of pyridine rings is 1. The van der Waals surface area contributed by atoms with Gasteiger partial charge in [0.15, 0.2) is 11.4 Å². The highest BCUT2D eigenvalue weighted by atomic mass is 16.5. The van der Waals surface area contributed by atoms with Crippen LogP contribution in [0.15, 0.2) is 76.3 Å². The highest BCUT2D eigenvalue weighted by molar-refractivity contribution is 6.07. The molecule has 4 rings (SSSR count). The summed E-state index contributed by atoms with van der Waals surface area (Å²) in [6.07, 6.45) is 3.03. The molecule has 0 spiro atoms. The summed E-state index contributed by atoms with van der Waals surface area (Å²) in [5.41, 5.74) is 0.805. The van der Waals surface area contributed by atoms with Gasteiger partial charge in [0.1, 0.15) is 6.61 Å². The highest BCUT2D eigenvalue weighted by Gasteiger charge is 2.22. The smallest absolute Gasteiger partial charge is 0.350 e. The third kappa shape index (κ3) is 3.60. The lowest BCUT2D eigenvalue weighted by Crippen LogP contribution is -2.28. The highest BCUT2D eigenvalue weighted by Crippen LogP contribution is 2.22. The van der Waals surface area contributed by atoms with Crippen LogP contribution in [0.4, 0.5) is 5.69 Å². The van der Waals surface area contributed by atoms with Crippen molar-refractivity contribution >= 4 is 23.2 Å². The van der Waals surface area contributed by atoms with E-state index in [2.05, 4.69) is 5.10 Å². The Morgan fingerprint density at radius 2 is 1.90 bits per heavy atom. The molecule has 1 amide bonds. The minimum atomic E-state index is -0.610. The van der Waals surface area contributed by atoms with E-state index >= 15 is 0 Å². The molecule has 0 fully saturated rings. The van der Waals surface area contributed by atoms with E-state index in [0.717, 1.165) is 0 Å². The number of furan rings is 1. The van der Waals surface area contributed by atoms with E-state index in [0.29, 0.717) is 11.3 Å². The van der Waals surface area contributed by atoms with Crippen LogP contribution in [0.3, 0.4) is 0 Å². The van der Waals surface area contributed by atoms with E-state index < -0.39 is 11.9 Å². The number of fused-ring (bicyclic) bond motifs is 1. The molecule has 0 radical (unpaired) electrons. The second kappa shape index (κ2) is 8.08. The Balaban J connectivity index is 1.47. The van der Waals surface area contributed by atoms with Crippen LogP contribution >= 0.6 is 0 Å². The summed E-state index contributed by atoms with van der Waals surface area (Å²) in [5.74, 6) is -0.843. The fraction of sp³-hybridized carbons (Fsp3) is 0.143. The average molecular weight is 406 g/mol. The number of nitrogens with zero attached hydrogens (tertiary/aromatic N) is 4.